The predicted octanol–water partition coefficient (Wildman–Crippen LogP) is 2.80. The number of hydrogen-bond acceptors (Lipinski definition) is 5. The summed E-state index contributed by atoms with van der Waals surface area (Å²) in [4.78, 5) is 12.6. The number of nitrogens with zero attached hydrogens (tertiary/aromatic N) is 3. The van der Waals surface area contributed by atoms with Crippen LogP contribution in [-0.2, 0) is 24.1 Å². The molecule has 0 fully saturated rings. The van der Waals surface area contributed by atoms with Gasteiger partial charge in [-0.3, -0.25) is 4.79 Å². The number of nitrogens with one attached hydrogen (secondary N) is 1. The lowest BCUT2D eigenvalue weighted by atomic mass is 10.0. The van der Waals surface area contributed by atoms with Crippen molar-refractivity contribution in [3.63, 3.8) is 0 Å². The van der Waals surface area contributed by atoms with Crippen LogP contribution in [0.2, 0.25) is 0 Å². The fraction of sp³-hybridized carbons (Fsp3) is 0.471. The summed E-state index contributed by atoms with van der Waals surface area (Å²) < 4.78 is 1.45. The van der Waals surface area contributed by atoms with Crippen LogP contribution in [-0.4, -0.2) is 26.0 Å². The molecule has 0 aliphatic carbocycles. The molecule has 0 saturated heterocycles. The number of carbonyl (C=O) groups excluding carboxylic acids is 1. The highest BCUT2D eigenvalue weighted by atomic mass is 32.2. The number of nitrogen functional groups attached to an aromatic ring is 1. The first-order chi connectivity index (χ1) is 11.5. The van der Waals surface area contributed by atoms with E-state index in [0.717, 1.165) is 29.7 Å². The molecule has 6 nitrogen and oxygen atoms in total. The number of para-hydroxylation sites is 1. The van der Waals surface area contributed by atoms with Crippen molar-refractivity contribution < 1.29 is 4.79 Å². The lowest BCUT2D eigenvalue weighted by Crippen LogP contribution is -2.25. The van der Waals surface area contributed by atoms with E-state index in [4.69, 9.17) is 5.84 Å². The van der Waals surface area contributed by atoms with Crippen LogP contribution in [0.5, 0.6) is 0 Å². The summed E-state index contributed by atoms with van der Waals surface area (Å²) in [5.74, 6) is 6.59. The number of benzene rings is 1. The molecule has 1 atom stereocenters. The third-order valence-electron chi connectivity index (χ3n) is 3.95. The quantitative estimate of drug-likeness (QED) is 0.594. The Morgan fingerprint density at radius 3 is 2.33 bits per heavy atom. The number of aryl methyl sites for hydroxylation is 3. The molecule has 3 N–H and O–H groups in total. The normalized spacial score (nSPS) is 12.2. The van der Waals surface area contributed by atoms with E-state index in [1.807, 2.05) is 19.9 Å². The fourth-order valence-electron chi connectivity index (χ4n) is 2.47. The van der Waals surface area contributed by atoms with Gasteiger partial charge < -0.3 is 11.2 Å². The molecule has 0 spiro atoms. The number of amides is 1. The van der Waals surface area contributed by atoms with Crippen LogP contribution in [0.1, 0.15) is 44.6 Å². The van der Waals surface area contributed by atoms with Crippen molar-refractivity contribution in [3.8, 4) is 0 Å². The molecule has 2 aromatic rings. The molecule has 1 heterocycles. The molecule has 130 valence electrons. The zero-order chi connectivity index (χ0) is 17.7. The highest BCUT2D eigenvalue weighted by Crippen LogP contribution is 2.26. The number of thioether (sulfide) groups is 1. The first kappa shape index (κ1) is 18.3. The van der Waals surface area contributed by atoms with Crippen LogP contribution in [0, 0.1) is 0 Å². The topological polar surface area (TPSA) is 85.8 Å². The Hall–Kier alpha value is -2.02. The third kappa shape index (κ3) is 3.90. The lowest BCUT2D eigenvalue weighted by molar-refractivity contribution is -0.115. The van der Waals surface area contributed by atoms with Crippen molar-refractivity contribution >= 4 is 23.4 Å². The van der Waals surface area contributed by atoms with Gasteiger partial charge in [-0.15, -0.1) is 10.2 Å². The molecule has 1 aromatic carbocycles. The maximum atomic E-state index is 12.6. The van der Waals surface area contributed by atoms with Gasteiger partial charge in [0.25, 0.3) is 0 Å². The van der Waals surface area contributed by atoms with E-state index >= 15 is 0 Å². The van der Waals surface area contributed by atoms with Crippen molar-refractivity contribution in [1.82, 2.24) is 14.9 Å². The smallest absolute Gasteiger partial charge is 0.237 e. The largest absolute Gasteiger partial charge is 0.336 e. The maximum Gasteiger partial charge on any atom is 0.237 e. The van der Waals surface area contributed by atoms with Gasteiger partial charge in [0.2, 0.25) is 11.1 Å². The van der Waals surface area contributed by atoms with E-state index in [9.17, 15) is 4.79 Å². The first-order valence-electron chi connectivity index (χ1n) is 8.29. The highest BCUT2D eigenvalue weighted by Gasteiger charge is 2.20. The summed E-state index contributed by atoms with van der Waals surface area (Å²) in [5, 5.41) is 11.4. The van der Waals surface area contributed by atoms with E-state index in [1.54, 1.807) is 0 Å². The van der Waals surface area contributed by atoms with Crippen molar-refractivity contribution in [1.29, 1.82) is 0 Å². The van der Waals surface area contributed by atoms with E-state index in [-0.39, 0.29) is 11.2 Å². The number of anilines is 1. The Morgan fingerprint density at radius 2 is 1.83 bits per heavy atom. The average Bonchev–Trinajstić information content (AvgIpc) is 2.94. The van der Waals surface area contributed by atoms with Gasteiger partial charge in [-0.25, -0.2) is 4.68 Å². The molecule has 0 bridgehead atoms. The first-order valence-corrected chi connectivity index (χ1v) is 9.17. The fourth-order valence-corrected chi connectivity index (χ4v) is 3.26. The van der Waals surface area contributed by atoms with Crippen molar-refractivity contribution in [3.05, 3.63) is 35.2 Å². The second-order valence-electron chi connectivity index (χ2n) is 5.53. The molecule has 0 radical (unpaired) electrons. The number of hydrogen-bond donors (Lipinski definition) is 2. The van der Waals surface area contributed by atoms with Gasteiger partial charge in [0, 0.05) is 12.1 Å². The molecule has 1 aromatic heterocycles. The Balaban J connectivity index is 2.13. The van der Waals surface area contributed by atoms with E-state index in [0.29, 0.717) is 17.4 Å². The molecular weight excluding hydrogens is 322 g/mol. The maximum absolute atomic E-state index is 12.6. The highest BCUT2D eigenvalue weighted by molar-refractivity contribution is 8.00. The minimum absolute atomic E-state index is 0.0587. The number of rotatable bonds is 7. The number of nitrogens with two attached hydrogens (primary N) is 1. The van der Waals surface area contributed by atoms with Crippen LogP contribution in [0.25, 0.3) is 0 Å². The molecule has 0 aliphatic rings. The van der Waals surface area contributed by atoms with E-state index in [2.05, 4.69) is 41.5 Å². The van der Waals surface area contributed by atoms with E-state index < -0.39 is 0 Å². The second-order valence-corrected chi connectivity index (χ2v) is 6.84. The molecule has 7 heteroatoms. The van der Waals surface area contributed by atoms with Gasteiger partial charge in [0.15, 0.2) is 5.82 Å². The Labute approximate surface area is 147 Å². The van der Waals surface area contributed by atoms with Gasteiger partial charge in [0.05, 0.1) is 5.25 Å². The van der Waals surface area contributed by atoms with E-state index in [1.165, 1.54) is 16.4 Å². The Bertz CT molecular complexity index is 691. The molecule has 0 saturated carbocycles. The van der Waals surface area contributed by atoms with Crippen molar-refractivity contribution in [2.24, 2.45) is 0 Å². The monoisotopic (exact) mass is 347 g/mol. The van der Waals surface area contributed by atoms with Gasteiger partial charge in [-0.05, 0) is 30.9 Å². The van der Waals surface area contributed by atoms with Crippen LogP contribution in [0.15, 0.2) is 23.4 Å². The molecular formula is C17H25N5OS. The minimum atomic E-state index is -0.323. The van der Waals surface area contributed by atoms with Crippen molar-refractivity contribution in [2.45, 2.75) is 57.4 Å². The third-order valence-corrected chi connectivity index (χ3v) is 5.01. The number of aromatic nitrogens is 3. The summed E-state index contributed by atoms with van der Waals surface area (Å²) in [6, 6.07) is 6.14. The Kier molecular flexibility index (Phi) is 6.25. The molecule has 0 unspecified atom stereocenters. The Morgan fingerprint density at radius 1 is 1.21 bits per heavy atom. The van der Waals surface area contributed by atoms with Crippen LogP contribution in [0.3, 0.4) is 0 Å². The SMILES string of the molecule is CCc1cccc(CC)c1NC(=O)[C@@H](C)Sc1nnc(CC)n1N. The summed E-state index contributed by atoms with van der Waals surface area (Å²) in [6.45, 7) is 7.99. The average molecular weight is 347 g/mol. The summed E-state index contributed by atoms with van der Waals surface area (Å²) in [6.07, 6.45) is 2.46. The minimum Gasteiger partial charge on any atom is -0.336 e. The molecule has 2 rings (SSSR count). The summed E-state index contributed by atoms with van der Waals surface area (Å²) in [5.41, 5.74) is 3.23. The molecule has 1 amide bonds. The van der Waals surface area contributed by atoms with Gasteiger partial charge in [-0.1, -0.05) is 50.7 Å². The zero-order valence-electron chi connectivity index (χ0n) is 14.7. The van der Waals surface area contributed by atoms with Crippen LogP contribution >= 0.6 is 11.8 Å². The molecule has 24 heavy (non-hydrogen) atoms. The van der Waals surface area contributed by atoms with Gasteiger partial charge >= 0.3 is 0 Å². The van der Waals surface area contributed by atoms with Gasteiger partial charge in [0.1, 0.15) is 0 Å². The number of carbonyl (C=O) groups is 1. The zero-order valence-corrected chi connectivity index (χ0v) is 15.5. The van der Waals surface area contributed by atoms with Crippen molar-refractivity contribution in [2.75, 3.05) is 11.2 Å². The van der Waals surface area contributed by atoms with Gasteiger partial charge in [-0.2, -0.15) is 0 Å². The summed E-state index contributed by atoms with van der Waals surface area (Å²) >= 11 is 1.31. The van der Waals surface area contributed by atoms with Crippen LogP contribution in [0.4, 0.5) is 5.69 Å². The summed E-state index contributed by atoms with van der Waals surface area (Å²) in [7, 11) is 0. The lowest BCUT2D eigenvalue weighted by Gasteiger charge is -2.17. The molecule has 0 aliphatic heterocycles. The standard InChI is InChI=1S/C17H25N5OS/c1-5-12-9-8-10-13(6-2)15(12)19-16(23)11(4)24-17-21-20-14(7-3)22(17)18/h8-11H,5-7,18H2,1-4H3,(H,19,23)/t11-/m1/s1. The predicted molar refractivity (Wildman–Crippen MR) is 98.7 cm³/mol. The van der Waals surface area contributed by atoms with Crippen LogP contribution < -0.4 is 11.2 Å². The second kappa shape index (κ2) is 8.19.